The van der Waals surface area contributed by atoms with Crippen LogP contribution in [-0.2, 0) is 19.2 Å². The van der Waals surface area contributed by atoms with Crippen LogP contribution in [0.25, 0.3) is 21.8 Å². The average Bonchev–Trinajstić information content (AvgIpc) is 3.05. The molecule has 2 unspecified atom stereocenters. The van der Waals surface area contributed by atoms with E-state index < -0.39 is 59.4 Å². The maximum absolute atomic E-state index is 13.9. The summed E-state index contributed by atoms with van der Waals surface area (Å²) in [6.07, 6.45) is 0. The van der Waals surface area contributed by atoms with Gasteiger partial charge in [-0.3, -0.25) is 48.7 Å². The van der Waals surface area contributed by atoms with Gasteiger partial charge in [0, 0.05) is 62.2 Å². The van der Waals surface area contributed by atoms with Crippen LogP contribution in [-0.4, -0.2) is 93.4 Å². The normalized spacial score (nSPS) is 18.6. The van der Waals surface area contributed by atoms with E-state index in [2.05, 4.69) is 0 Å². The molecule has 8 amide bonds. The highest BCUT2D eigenvalue weighted by Crippen LogP contribution is 2.47. The lowest BCUT2D eigenvalue weighted by atomic mass is 9.68. The fourth-order valence-electron chi connectivity index (χ4n) is 6.15. The standard InChI is InChI=1S/C32H28N6O6/c1-35-27(39)25(28(40)36(2)31(35)43)23(21-15-13-17-9-5-7-11-19(17)33-21)24(22-16-14-18-10-6-8-12-20(18)34-22)26-29(41)37(3)32(44)38(4)30(26)42/h5-16,23-26H,1-4H3. The van der Waals surface area contributed by atoms with Crippen molar-refractivity contribution in [3.63, 3.8) is 0 Å². The van der Waals surface area contributed by atoms with Crippen LogP contribution in [0.3, 0.4) is 0 Å². The van der Waals surface area contributed by atoms with Crippen molar-refractivity contribution in [1.82, 2.24) is 29.6 Å². The average molecular weight is 593 g/mol. The zero-order chi connectivity index (χ0) is 31.4. The highest BCUT2D eigenvalue weighted by molar-refractivity contribution is 6.18. The summed E-state index contributed by atoms with van der Waals surface area (Å²) < 4.78 is 0. The third-order valence-corrected chi connectivity index (χ3v) is 8.56. The molecule has 0 saturated carbocycles. The number of pyridine rings is 2. The SMILES string of the molecule is CN1C(=O)C(C(c2ccc3ccccc3n2)C(c2ccc3ccccc3n2)C2C(=O)N(C)C(=O)N(C)C2=O)C(=O)N(C)C1=O. The lowest BCUT2D eigenvalue weighted by Crippen LogP contribution is -2.61. The summed E-state index contributed by atoms with van der Waals surface area (Å²) >= 11 is 0. The largest absolute Gasteiger partial charge is 0.332 e. The molecule has 2 aromatic heterocycles. The van der Waals surface area contributed by atoms with Crippen molar-refractivity contribution in [1.29, 1.82) is 0 Å². The quantitative estimate of drug-likeness (QED) is 0.322. The minimum Gasteiger partial charge on any atom is -0.273 e. The zero-order valence-electron chi connectivity index (χ0n) is 24.4. The monoisotopic (exact) mass is 592 g/mol. The minimum atomic E-state index is -1.55. The van der Waals surface area contributed by atoms with E-state index >= 15 is 0 Å². The van der Waals surface area contributed by atoms with Gasteiger partial charge in [0.15, 0.2) is 0 Å². The fraction of sp³-hybridized carbons (Fsp3) is 0.250. The highest BCUT2D eigenvalue weighted by Gasteiger charge is 2.56. The van der Waals surface area contributed by atoms with Crippen molar-refractivity contribution in [2.75, 3.05) is 28.2 Å². The molecule has 2 fully saturated rings. The van der Waals surface area contributed by atoms with Gasteiger partial charge in [0.2, 0.25) is 23.6 Å². The van der Waals surface area contributed by atoms with Crippen molar-refractivity contribution in [2.24, 2.45) is 11.8 Å². The van der Waals surface area contributed by atoms with E-state index in [0.717, 1.165) is 30.4 Å². The van der Waals surface area contributed by atoms with Crippen LogP contribution in [0.1, 0.15) is 23.2 Å². The Bertz CT molecular complexity index is 1720. The Kier molecular flexibility index (Phi) is 6.91. The number of carbonyl (C=O) groups is 6. The summed E-state index contributed by atoms with van der Waals surface area (Å²) in [6.45, 7) is 0. The Hall–Kier alpha value is -5.52. The topological polar surface area (TPSA) is 141 Å². The predicted octanol–water partition coefficient (Wildman–Crippen LogP) is 2.98. The number of fused-ring (bicyclic) bond motifs is 2. The molecular weight excluding hydrogens is 564 g/mol. The Morgan fingerprint density at radius 2 is 0.795 bits per heavy atom. The molecule has 0 bridgehead atoms. The van der Waals surface area contributed by atoms with Crippen LogP contribution in [0.5, 0.6) is 0 Å². The van der Waals surface area contributed by atoms with Gasteiger partial charge in [0.1, 0.15) is 11.8 Å². The second-order valence-corrected chi connectivity index (χ2v) is 11.0. The van der Waals surface area contributed by atoms with Gasteiger partial charge in [0.25, 0.3) is 0 Å². The van der Waals surface area contributed by atoms with Crippen molar-refractivity contribution >= 4 is 57.5 Å². The van der Waals surface area contributed by atoms with E-state index in [1.54, 1.807) is 48.5 Å². The molecule has 0 N–H and O–H groups in total. The van der Waals surface area contributed by atoms with Gasteiger partial charge in [-0.25, -0.2) is 9.59 Å². The first-order chi connectivity index (χ1) is 21.0. The van der Waals surface area contributed by atoms with E-state index in [1.807, 2.05) is 24.3 Å². The summed E-state index contributed by atoms with van der Waals surface area (Å²) in [4.78, 5) is 94.2. The molecule has 222 valence electrons. The molecule has 44 heavy (non-hydrogen) atoms. The van der Waals surface area contributed by atoms with Gasteiger partial charge in [-0.2, -0.15) is 0 Å². The van der Waals surface area contributed by atoms with Gasteiger partial charge in [-0.05, 0) is 24.3 Å². The molecule has 0 aliphatic carbocycles. The first-order valence-electron chi connectivity index (χ1n) is 13.9. The molecule has 4 heterocycles. The number of hydrogen-bond donors (Lipinski definition) is 0. The van der Waals surface area contributed by atoms with Gasteiger partial charge < -0.3 is 0 Å². The molecule has 2 atom stereocenters. The Balaban J connectivity index is 1.66. The molecule has 2 aliphatic rings. The number of rotatable bonds is 5. The summed E-state index contributed by atoms with van der Waals surface area (Å²) in [7, 11) is 5.08. The van der Waals surface area contributed by atoms with E-state index in [0.29, 0.717) is 11.0 Å². The molecule has 0 spiro atoms. The van der Waals surface area contributed by atoms with Crippen molar-refractivity contribution in [3.8, 4) is 0 Å². The number of hydrogen-bond acceptors (Lipinski definition) is 8. The lowest BCUT2D eigenvalue weighted by Gasteiger charge is -2.43. The molecular formula is C32H28N6O6. The number of benzene rings is 2. The van der Waals surface area contributed by atoms with Crippen LogP contribution in [0.4, 0.5) is 9.59 Å². The van der Waals surface area contributed by atoms with Crippen molar-refractivity contribution in [3.05, 3.63) is 84.2 Å². The molecule has 2 aromatic carbocycles. The summed E-state index contributed by atoms with van der Waals surface area (Å²) in [5, 5.41) is 1.58. The number of amides is 8. The predicted molar refractivity (Wildman–Crippen MR) is 158 cm³/mol. The van der Waals surface area contributed by atoms with Gasteiger partial charge in [-0.15, -0.1) is 0 Å². The Morgan fingerprint density at radius 1 is 0.477 bits per heavy atom. The summed E-state index contributed by atoms with van der Waals surface area (Å²) in [5.41, 5.74) is 1.60. The number of aromatic nitrogens is 2. The number of barbiturate groups is 2. The first-order valence-corrected chi connectivity index (χ1v) is 13.9. The molecule has 4 aromatic rings. The molecule has 0 radical (unpaired) electrons. The number of imide groups is 4. The van der Waals surface area contributed by atoms with Crippen LogP contribution < -0.4 is 0 Å². The smallest absolute Gasteiger partial charge is 0.273 e. The highest BCUT2D eigenvalue weighted by atomic mass is 16.2. The van der Waals surface area contributed by atoms with Crippen LogP contribution in [0, 0.1) is 11.8 Å². The van der Waals surface area contributed by atoms with E-state index in [9.17, 15) is 28.8 Å². The van der Waals surface area contributed by atoms with Gasteiger partial charge in [0.05, 0.1) is 11.0 Å². The van der Waals surface area contributed by atoms with Gasteiger partial charge >= 0.3 is 12.1 Å². The molecule has 6 rings (SSSR count). The second-order valence-electron chi connectivity index (χ2n) is 11.0. The fourth-order valence-corrected chi connectivity index (χ4v) is 6.15. The molecule has 2 aliphatic heterocycles. The second kappa shape index (κ2) is 10.6. The van der Waals surface area contributed by atoms with Crippen molar-refractivity contribution < 1.29 is 28.8 Å². The molecule has 2 saturated heterocycles. The molecule has 12 nitrogen and oxygen atoms in total. The molecule has 12 heteroatoms. The zero-order valence-corrected chi connectivity index (χ0v) is 24.4. The Morgan fingerprint density at radius 3 is 1.14 bits per heavy atom. The van der Waals surface area contributed by atoms with Crippen LogP contribution in [0.15, 0.2) is 72.8 Å². The van der Waals surface area contributed by atoms with Crippen LogP contribution >= 0.6 is 0 Å². The summed E-state index contributed by atoms with van der Waals surface area (Å²) in [5.74, 6) is -8.84. The number of nitrogens with zero attached hydrogens (tertiary/aromatic N) is 6. The lowest BCUT2D eigenvalue weighted by molar-refractivity contribution is -0.154. The first kappa shape index (κ1) is 28.6. The van der Waals surface area contributed by atoms with E-state index in [1.165, 1.54) is 28.2 Å². The maximum Gasteiger partial charge on any atom is 0.332 e. The Labute approximate surface area is 251 Å². The van der Waals surface area contributed by atoms with E-state index in [4.69, 9.17) is 9.97 Å². The third-order valence-electron chi connectivity index (χ3n) is 8.56. The minimum absolute atomic E-state index is 0.245. The van der Waals surface area contributed by atoms with Crippen LogP contribution in [0.2, 0.25) is 0 Å². The third kappa shape index (κ3) is 4.37. The van der Waals surface area contributed by atoms with E-state index in [-0.39, 0.29) is 11.4 Å². The van der Waals surface area contributed by atoms with Crippen molar-refractivity contribution in [2.45, 2.75) is 11.8 Å². The number of para-hydroxylation sites is 2. The van der Waals surface area contributed by atoms with Gasteiger partial charge in [-0.1, -0.05) is 48.5 Å². The number of carbonyl (C=O) groups excluding carboxylic acids is 6. The maximum atomic E-state index is 13.9. The number of urea groups is 2. The summed E-state index contributed by atoms with van der Waals surface area (Å²) in [6, 6.07) is 19.7.